The summed E-state index contributed by atoms with van der Waals surface area (Å²) in [4.78, 5) is 19.6. The lowest BCUT2D eigenvalue weighted by Crippen LogP contribution is -2.26. The van der Waals surface area contributed by atoms with Crippen LogP contribution in [0.25, 0.3) is 22.2 Å². The number of hydrogen-bond donors (Lipinski definition) is 1. The van der Waals surface area contributed by atoms with Crippen LogP contribution >= 0.6 is 11.3 Å². The van der Waals surface area contributed by atoms with Crippen molar-refractivity contribution in [3.05, 3.63) is 82.2 Å². The van der Waals surface area contributed by atoms with Gasteiger partial charge in [-0.3, -0.25) is 4.79 Å². The van der Waals surface area contributed by atoms with Gasteiger partial charge in [-0.1, -0.05) is 69.3 Å². The van der Waals surface area contributed by atoms with Crippen molar-refractivity contribution in [3.8, 4) is 17.3 Å². The molecular formula is C29H27N3OS. The first-order chi connectivity index (χ1) is 16.3. The normalized spacial score (nSPS) is 15.5. The number of para-hydroxylation sites is 1. The van der Waals surface area contributed by atoms with Gasteiger partial charge >= 0.3 is 0 Å². The van der Waals surface area contributed by atoms with Crippen molar-refractivity contribution in [1.29, 1.82) is 5.26 Å². The van der Waals surface area contributed by atoms with Crippen LogP contribution in [-0.2, 0) is 12.8 Å². The second kappa shape index (κ2) is 8.70. The van der Waals surface area contributed by atoms with Crippen molar-refractivity contribution in [2.75, 3.05) is 5.32 Å². The minimum Gasteiger partial charge on any atom is -0.312 e. The smallest absolute Gasteiger partial charge is 0.257 e. The monoisotopic (exact) mass is 465 g/mol. The van der Waals surface area contributed by atoms with E-state index in [0.717, 1.165) is 47.0 Å². The number of nitrogens with zero attached hydrogens (tertiary/aromatic N) is 2. The number of rotatable bonds is 3. The zero-order valence-electron chi connectivity index (χ0n) is 19.7. The molecule has 0 aliphatic heterocycles. The quantitative estimate of drug-likeness (QED) is 0.347. The maximum Gasteiger partial charge on any atom is 0.257 e. The Morgan fingerprint density at radius 2 is 1.85 bits per heavy atom. The highest BCUT2D eigenvalue weighted by Gasteiger charge is 2.32. The number of amides is 1. The summed E-state index contributed by atoms with van der Waals surface area (Å²) in [6.07, 6.45) is 2.93. The third-order valence-corrected chi connectivity index (χ3v) is 8.03. The number of benzene rings is 2. The summed E-state index contributed by atoms with van der Waals surface area (Å²) in [5.41, 5.74) is 5.01. The molecule has 4 aromatic rings. The van der Waals surface area contributed by atoms with E-state index in [1.807, 2.05) is 60.7 Å². The molecule has 1 amide bonds. The zero-order valence-corrected chi connectivity index (χ0v) is 20.5. The summed E-state index contributed by atoms with van der Waals surface area (Å²) >= 11 is 1.57. The van der Waals surface area contributed by atoms with Gasteiger partial charge in [0.15, 0.2) is 0 Å². The van der Waals surface area contributed by atoms with E-state index in [1.54, 1.807) is 11.3 Å². The second-order valence-electron chi connectivity index (χ2n) is 10.0. The van der Waals surface area contributed by atoms with E-state index < -0.39 is 0 Å². The van der Waals surface area contributed by atoms with E-state index in [4.69, 9.17) is 4.98 Å². The van der Waals surface area contributed by atoms with Gasteiger partial charge in [-0.25, -0.2) is 4.98 Å². The number of anilines is 1. The van der Waals surface area contributed by atoms with Gasteiger partial charge in [0.2, 0.25) is 0 Å². The standard InChI is InChI=1S/C29H27N3OS/c1-29(2,3)19-13-14-21-23(17-30)28(34-26(21)15-19)32-27(33)22-16-25(18-9-5-4-6-10-18)31-24-12-8-7-11-20(22)24/h4-12,16,19H,13-15H2,1-3H3,(H,32,33). The first-order valence-corrected chi connectivity index (χ1v) is 12.5. The van der Waals surface area contributed by atoms with Gasteiger partial charge in [0, 0.05) is 15.8 Å². The number of nitrogens with one attached hydrogen (secondary N) is 1. The summed E-state index contributed by atoms with van der Waals surface area (Å²) in [6.45, 7) is 6.84. The molecule has 1 aliphatic rings. The van der Waals surface area contributed by atoms with Crippen molar-refractivity contribution in [2.45, 2.75) is 40.0 Å². The molecule has 2 aromatic heterocycles. The molecule has 2 heterocycles. The van der Waals surface area contributed by atoms with Crippen LogP contribution in [-0.4, -0.2) is 10.9 Å². The maximum atomic E-state index is 13.6. The van der Waals surface area contributed by atoms with Crippen LogP contribution < -0.4 is 5.32 Å². The van der Waals surface area contributed by atoms with E-state index in [2.05, 4.69) is 32.2 Å². The van der Waals surface area contributed by atoms with Gasteiger partial charge in [0.1, 0.15) is 11.1 Å². The third-order valence-electron chi connectivity index (χ3n) is 6.86. The maximum absolute atomic E-state index is 13.6. The van der Waals surface area contributed by atoms with Crippen molar-refractivity contribution < 1.29 is 4.79 Å². The van der Waals surface area contributed by atoms with Gasteiger partial charge < -0.3 is 5.32 Å². The first kappa shape index (κ1) is 22.3. The first-order valence-electron chi connectivity index (χ1n) is 11.7. The molecule has 1 unspecified atom stereocenters. The highest BCUT2D eigenvalue weighted by atomic mass is 32.1. The molecule has 0 bridgehead atoms. The third kappa shape index (κ3) is 4.10. The molecule has 0 fully saturated rings. The Morgan fingerprint density at radius 3 is 2.59 bits per heavy atom. The van der Waals surface area contributed by atoms with Crippen LogP contribution in [0.4, 0.5) is 5.00 Å². The molecule has 1 aliphatic carbocycles. The van der Waals surface area contributed by atoms with Crippen molar-refractivity contribution in [1.82, 2.24) is 4.98 Å². The number of pyridine rings is 1. The number of aromatic nitrogens is 1. The lowest BCUT2D eigenvalue weighted by Gasteiger charge is -2.33. The molecule has 1 N–H and O–H groups in total. The van der Waals surface area contributed by atoms with Crippen LogP contribution in [0.1, 0.15) is 53.6 Å². The fourth-order valence-corrected chi connectivity index (χ4v) is 6.09. The Bertz CT molecular complexity index is 1420. The second-order valence-corrected chi connectivity index (χ2v) is 11.1. The van der Waals surface area contributed by atoms with E-state index in [-0.39, 0.29) is 11.3 Å². The van der Waals surface area contributed by atoms with Crippen LogP contribution in [0.15, 0.2) is 60.7 Å². The Labute approximate surface area is 204 Å². The number of thiophene rings is 1. The Kier molecular flexibility index (Phi) is 5.71. The molecule has 34 heavy (non-hydrogen) atoms. The fourth-order valence-electron chi connectivity index (χ4n) is 4.82. The molecule has 0 spiro atoms. The summed E-state index contributed by atoms with van der Waals surface area (Å²) in [6, 6.07) is 21.8. The number of carbonyl (C=O) groups excluding carboxylic acids is 1. The van der Waals surface area contributed by atoms with Crippen molar-refractivity contribution in [2.24, 2.45) is 11.3 Å². The molecule has 0 saturated heterocycles. The lowest BCUT2D eigenvalue weighted by atomic mass is 9.72. The summed E-state index contributed by atoms with van der Waals surface area (Å²) < 4.78 is 0. The van der Waals surface area contributed by atoms with Crippen LogP contribution in [0.3, 0.4) is 0 Å². The van der Waals surface area contributed by atoms with Crippen LogP contribution in [0, 0.1) is 22.7 Å². The highest BCUT2D eigenvalue weighted by Crippen LogP contribution is 2.44. The topological polar surface area (TPSA) is 65.8 Å². The minimum absolute atomic E-state index is 0.210. The van der Waals surface area contributed by atoms with E-state index in [0.29, 0.717) is 22.0 Å². The van der Waals surface area contributed by atoms with Gasteiger partial charge in [0.05, 0.1) is 22.3 Å². The fraction of sp³-hybridized carbons (Fsp3) is 0.276. The Balaban J connectivity index is 1.53. The minimum atomic E-state index is -0.210. The SMILES string of the molecule is CC(C)(C)C1CCc2c(sc(NC(=O)c3cc(-c4ccccc4)nc4ccccc34)c2C#N)C1. The molecular weight excluding hydrogens is 438 g/mol. The number of hydrogen-bond acceptors (Lipinski definition) is 4. The molecule has 0 radical (unpaired) electrons. The van der Waals surface area contributed by atoms with Crippen molar-refractivity contribution in [3.63, 3.8) is 0 Å². The zero-order chi connectivity index (χ0) is 23.9. The largest absolute Gasteiger partial charge is 0.312 e. The Hall–Kier alpha value is -3.49. The molecule has 5 rings (SSSR count). The number of nitriles is 1. The predicted molar refractivity (Wildman–Crippen MR) is 139 cm³/mol. The lowest BCUT2D eigenvalue weighted by molar-refractivity contribution is 0.102. The average molecular weight is 466 g/mol. The average Bonchev–Trinajstić information content (AvgIpc) is 3.19. The van der Waals surface area contributed by atoms with Gasteiger partial charge in [-0.2, -0.15) is 5.26 Å². The highest BCUT2D eigenvalue weighted by molar-refractivity contribution is 7.16. The number of carbonyl (C=O) groups is 1. The van der Waals surface area contributed by atoms with E-state index in [1.165, 1.54) is 4.88 Å². The van der Waals surface area contributed by atoms with Crippen LogP contribution in [0.2, 0.25) is 0 Å². The van der Waals surface area contributed by atoms with Gasteiger partial charge in [0.25, 0.3) is 5.91 Å². The van der Waals surface area contributed by atoms with Crippen molar-refractivity contribution >= 4 is 33.1 Å². The van der Waals surface area contributed by atoms with Crippen LogP contribution in [0.5, 0.6) is 0 Å². The van der Waals surface area contributed by atoms with Gasteiger partial charge in [-0.15, -0.1) is 11.3 Å². The van der Waals surface area contributed by atoms with E-state index >= 15 is 0 Å². The molecule has 4 nitrogen and oxygen atoms in total. The van der Waals surface area contributed by atoms with Gasteiger partial charge in [-0.05, 0) is 48.3 Å². The molecule has 170 valence electrons. The summed E-state index contributed by atoms with van der Waals surface area (Å²) in [5, 5.41) is 14.5. The Morgan fingerprint density at radius 1 is 1.12 bits per heavy atom. The predicted octanol–water partition coefficient (Wildman–Crippen LogP) is 7.24. The molecule has 5 heteroatoms. The molecule has 0 saturated carbocycles. The van der Waals surface area contributed by atoms with E-state index in [9.17, 15) is 10.1 Å². The molecule has 1 atom stereocenters. The summed E-state index contributed by atoms with van der Waals surface area (Å²) in [7, 11) is 0. The summed E-state index contributed by atoms with van der Waals surface area (Å²) in [5.74, 6) is 0.365. The molecule has 2 aromatic carbocycles. The number of fused-ring (bicyclic) bond motifs is 2.